The molecule has 0 aromatic heterocycles. The van der Waals surface area contributed by atoms with Crippen molar-refractivity contribution in [1.82, 2.24) is 5.32 Å². The maximum atomic E-state index is 3.48. The van der Waals surface area contributed by atoms with Gasteiger partial charge in [-0.2, -0.15) is 0 Å². The lowest BCUT2D eigenvalue weighted by Gasteiger charge is -2.15. The molecule has 1 fully saturated rings. The van der Waals surface area contributed by atoms with Gasteiger partial charge in [0.25, 0.3) is 0 Å². The molecule has 2 nitrogen and oxygen atoms in total. The first kappa shape index (κ1) is 9.53. The molecule has 2 heteroatoms. The molecule has 1 heterocycles. The van der Waals surface area contributed by atoms with E-state index in [1.54, 1.807) is 0 Å². The van der Waals surface area contributed by atoms with Crippen LogP contribution in [0, 0.1) is 11.8 Å². The summed E-state index contributed by atoms with van der Waals surface area (Å²) < 4.78 is 0. The van der Waals surface area contributed by atoms with Gasteiger partial charge < -0.3 is 10.6 Å². The summed E-state index contributed by atoms with van der Waals surface area (Å²) in [5, 5.41) is 6.90. The summed E-state index contributed by atoms with van der Waals surface area (Å²) >= 11 is 0. The lowest BCUT2D eigenvalue weighted by atomic mass is 9.98. The summed E-state index contributed by atoms with van der Waals surface area (Å²) in [6, 6.07) is 10.4. The van der Waals surface area contributed by atoms with E-state index in [2.05, 4.69) is 41.8 Å². The molecule has 0 aliphatic carbocycles. The third-order valence-corrected chi connectivity index (χ3v) is 3.02. The molecular formula is C12H18N2. The molecule has 0 saturated carbocycles. The van der Waals surface area contributed by atoms with Crippen LogP contribution in [0.3, 0.4) is 0 Å². The van der Waals surface area contributed by atoms with Gasteiger partial charge in [0.1, 0.15) is 0 Å². The molecule has 0 bridgehead atoms. The van der Waals surface area contributed by atoms with Crippen LogP contribution in [0.2, 0.25) is 0 Å². The van der Waals surface area contributed by atoms with Crippen LogP contribution in [0.1, 0.15) is 6.92 Å². The van der Waals surface area contributed by atoms with E-state index in [-0.39, 0.29) is 0 Å². The minimum absolute atomic E-state index is 0.773. The van der Waals surface area contributed by atoms with Gasteiger partial charge >= 0.3 is 0 Å². The molecule has 2 rings (SSSR count). The Labute approximate surface area is 85.7 Å². The smallest absolute Gasteiger partial charge is 0.0340 e. The highest BCUT2D eigenvalue weighted by Gasteiger charge is 2.22. The van der Waals surface area contributed by atoms with E-state index < -0.39 is 0 Å². The molecule has 76 valence electrons. The van der Waals surface area contributed by atoms with Crippen molar-refractivity contribution < 1.29 is 0 Å². The van der Waals surface area contributed by atoms with E-state index in [0.717, 1.165) is 24.9 Å². The first-order chi connectivity index (χ1) is 6.86. The van der Waals surface area contributed by atoms with Crippen LogP contribution in [0.5, 0.6) is 0 Å². The lowest BCUT2D eigenvalue weighted by molar-refractivity contribution is 0.475. The Morgan fingerprint density at radius 3 is 2.71 bits per heavy atom. The van der Waals surface area contributed by atoms with Crippen LogP contribution >= 0.6 is 0 Å². The average molecular weight is 190 g/mol. The van der Waals surface area contributed by atoms with Crippen molar-refractivity contribution in [2.45, 2.75) is 6.92 Å². The van der Waals surface area contributed by atoms with Crippen molar-refractivity contribution in [3.8, 4) is 0 Å². The van der Waals surface area contributed by atoms with E-state index >= 15 is 0 Å². The monoisotopic (exact) mass is 190 g/mol. The number of hydrogen-bond acceptors (Lipinski definition) is 2. The number of anilines is 1. The summed E-state index contributed by atoms with van der Waals surface area (Å²) in [5.41, 5.74) is 1.23. The van der Waals surface area contributed by atoms with Gasteiger partial charge in [-0.1, -0.05) is 25.1 Å². The Hall–Kier alpha value is -1.02. The third kappa shape index (κ3) is 2.26. The number of benzene rings is 1. The maximum absolute atomic E-state index is 3.48. The topological polar surface area (TPSA) is 24.1 Å². The SMILES string of the molecule is C[C@@H]1CNC[C@H]1CNc1ccccc1. The van der Waals surface area contributed by atoms with Crippen molar-refractivity contribution in [2.75, 3.05) is 25.0 Å². The molecular weight excluding hydrogens is 172 g/mol. The third-order valence-electron chi connectivity index (χ3n) is 3.02. The Morgan fingerprint density at radius 2 is 2.07 bits per heavy atom. The van der Waals surface area contributed by atoms with Crippen molar-refractivity contribution in [1.29, 1.82) is 0 Å². The van der Waals surface area contributed by atoms with Gasteiger partial charge in [-0.15, -0.1) is 0 Å². The van der Waals surface area contributed by atoms with Gasteiger partial charge in [-0.05, 0) is 37.1 Å². The number of para-hydroxylation sites is 1. The highest BCUT2D eigenvalue weighted by molar-refractivity contribution is 5.42. The zero-order valence-electron chi connectivity index (χ0n) is 8.66. The molecule has 1 aliphatic heterocycles. The summed E-state index contributed by atoms with van der Waals surface area (Å²) in [4.78, 5) is 0. The van der Waals surface area contributed by atoms with Crippen LogP contribution in [-0.2, 0) is 0 Å². The van der Waals surface area contributed by atoms with Crippen molar-refractivity contribution in [2.24, 2.45) is 11.8 Å². The highest BCUT2D eigenvalue weighted by Crippen LogP contribution is 2.16. The second-order valence-corrected chi connectivity index (χ2v) is 4.14. The van der Waals surface area contributed by atoms with Gasteiger partial charge in [-0.3, -0.25) is 0 Å². The fourth-order valence-electron chi connectivity index (χ4n) is 1.94. The summed E-state index contributed by atoms with van der Waals surface area (Å²) in [5.74, 6) is 1.57. The van der Waals surface area contributed by atoms with Gasteiger partial charge in [0, 0.05) is 12.2 Å². The maximum Gasteiger partial charge on any atom is 0.0340 e. The van der Waals surface area contributed by atoms with E-state index in [1.165, 1.54) is 12.2 Å². The predicted molar refractivity (Wildman–Crippen MR) is 60.5 cm³/mol. The highest BCUT2D eigenvalue weighted by atomic mass is 15.0. The van der Waals surface area contributed by atoms with E-state index in [1.807, 2.05) is 6.07 Å². The zero-order chi connectivity index (χ0) is 9.80. The van der Waals surface area contributed by atoms with E-state index in [9.17, 15) is 0 Å². The van der Waals surface area contributed by atoms with Crippen molar-refractivity contribution >= 4 is 5.69 Å². The summed E-state index contributed by atoms with van der Waals surface area (Å²) in [7, 11) is 0. The van der Waals surface area contributed by atoms with Crippen LogP contribution in [0.4, 0.5) is 5.69 Å². The standard InChI is InChI=1S/C12H18N2/c1-10-7-13-8-11(10)9-14-12-5-3-2-4-6-12/h2-6,10-11,13-14H,7-9H2,1H3/t10-,11+/m1/s1. The molecule has 0 radical (unpaired) electrons. The fraction of sp³-hybridized carbons (Fsp3) is 0.500. The first-order valence-electron chi connectivity index (χ1n) is 5.36. The normalized spacial score (nSPS) is 26.4. The Balaban J connectivity index is 1.82. The second-order valence-electron chi connectivity index (χ2n) is 4.14. The quantitative estimate of drug-likeness (QED) is 0.761. The molecule has 0 unspecified atom stereocenters. The van der Waals surface area contributed by atoms with Gasteiger partial charge in [0.2, 0.25) is 0 Å². The second kappa shape index (κ2) is 4.47. The van der Waals surface area contributed by atoms with Gasteiger partial charge in [-0.25, -0.2) is 0 Å². The molecule has 2 atom stereocenters. The molecule has 14 heavy (non-hydrogen) atoms. The predicted octanol–water partition coefficient (Wildman–Crippen LogP) is 1.95. The molecule has 2 N–H and O–H groups in total. The van der Waals surface area contributed by atoms with Crippen molar-refractivity contribution in [3.63, 3.8) is 0 Å². The Morgan fingerprint density at radius 1 is 1.29 bits per heavy atom. The molecule has 1 saturated heterocycles. The lowest BCUT2D eigenvalue weighted by Crippen LogP contribution is -2.20. The molecule has 1 aliphatic rings. The van der Waals surface area contributed by atoms with Crippen LogP contribution in [-0.4, -0.2) is 19.6 Å². The number of rotatable bonds is 3. The molecule has 1 aromatic rings. The molecule has 0 amide bonds. The Kier molecular flexibility index (Phi) is 3.04. The van der Waals surface area contributed by atoms with E-state index in [4.69, 9.17) is 0 Å². The number of hydrogen-bond donors (Lipinski definition) is 2. The Bertz CT molecular complexity index is 271. The largest absolute Gasteiger partial charge is 0.385 e. The fourth-order valence-corrected chi connectivity index (χ4v) is 1.94. The minimum Gasteiger partial charge on any atom is -0.385 e. The van der Waals surface area contributed by atoms with Gasteiger partial charge in [0.15, 0.2) is 0 Å². The zero-order valence-corrected chi connectivity index (χ0v) is 8.66. The average Bonchev–Trinajstić information content (AvgIpc) is 2.63. The van der Waals surface area contributed by atoms with Crippen LogP contribution < -0.4 is 10.6 Å². The van der Waals surface area contributed by atoms with Crippen LogP contribution in [0.15, 0.2) is 30.3 Å². The summed E-state index contributed by atoms with van der Waals surface area (Å²) in [6.45, 7) is 5.72. The molecule has 1 aromatic carbocycles. The van der Waals surface area contributed by atoms with Crippen molar-refractivity contribution in [3.05, 3.63) is 30.3 Å². The molecule has 0 spiro atoms. The summed E-state index contributed by atoms with van der Waals surface area (Å²) in [6.07, 6.45) is 0. The van der Waals surface area contributed by atoms with Crippen LogP contribution in [0.25, 0.3) is 0 Å². The minimum atomic E-state index is 0.773. The van der Waals surface area contributed by atoms with Gasteiger partial charge in [0.05, 0.1) is 0 Å². The first-order valence-corrected chi connectivity index (χ1v) is 5.36. The van der Waals surface area contributed by atoms with E-state index in [0.29, 0.717) is 0 Å². The number of nitrogens with one attached hydrogen (secondary N) is 2.